The topological polar surface area (TPSA) is 35.2 Å². The van der Waals surface area contributed by atoms with Gasteiger partial charge in [-0.2, -0.15) is 0 Å². The largest absolute Gasteiger partial charge is 0.376 e. The Labute approximate surface area is 76.5 Å². The number of hydrogen-bond acceptors (Lipinski definition) is 2. The molecule has 0 radical (unpaired) electrons. The maximum atomic E-state index is 5.36. The molecule has 1 aliphatic rings. The lowest BCUT2D eigenvalue weighted by molar-refractivity contribution is 0.0673. The van der Waals surface area contributed by atoms with Crippen molar-refractivity contribution < 1.29 is 4.74 Å². The van der Waals surface area contributed by atoms with Crippen LogP contribution in [0.15, 0.2) is 0 Å². The summed E-state index contributed by atoms with van der Waals surface area (Å²) in [7, 11) is 0. The fourth-order valence-corrected chi connectivity index (χ4v) is 1.21. The molecule has 0 spiro atoms. The average molecular weight is 173 g/mol. The Hall–Kier alpha value is -0.0800. The van der Waals surface area contributed by atoms with Gasteiger partial charge in [0.1, 0.15) is 0 Å². The number of rotatable bonds is 2. The number of unbranched alkanes of at least 4 members (excludes halogenated alkanes) is 1. The Kier molecular flexibility index (Phi) is 7.51. The van der Waals surface area contributed by atoms with Gasteiger partial charge in [-0.25, -0.2) is 0 Å². The first kappa shape index (κ1) is 11.9. The predicted molar refractivity (Wildman–Crippen MR) is 53.2 cm³/mol. The van der Waals surface area contributed by atoms with Crippen molar-refractivity contribution in [1.29, 1.82) is 0 Å². The van der Waals surface area contributed by atoms with E-state index < -0.39 is 0 Å². The van der Waals surface area contributed by atoms with Gasteiger partial charge in [0.25, 0.3) is 0 Å². The van der Waals surface area contributed by atoms with Gasteiger partial charge in [-0.3, -0.25) is 0 Å². The van der Waals surface area contributed by atoms with Crippen LogP contribution in [0.4, 0.5) is 0 Å². The van der Waals surface area contributed by atoms with Crippen LogP contribution < -0.4 is 5.73 Å². The average Bonchev–Trinajstić information content (AvgIpc) is 2.38. The van der Waals surface area contributed by atoms with Gasteiger partial charge in [0, 0.05) is 0 Å². The monoisotopic (exact) mass is 173 g/mol. The molecule has 74 valence electrons. The molecule has 0 aromatic carbocycles. The summed E-state index contributed by atoms with van der Waals surface area (Å²) in [5.41, 5.74) is 5.14. The molecule has 1 rings (SSSR count). The van der Waals surface area contributed by atoms with Crippen molar-refractivity contribution in [3.8, 4) is 0 Å². The highest BCUT2D eigenvalue weighted by Gasteiger charge is 2.16. The summed E-state index contributed by atoms with van der Waals surface area (Å²) in [6.07, 6.45) is 5.93. The van der Waals surface area contributed by atoms with Gasteiger partial charge < -0.3 is 10.5 Å². The van der Waals surface area contributed by atoms with Crippen molar-refractivity contribution in [2.45, 2.75) is 58.7 Å². The molecule has 2 unspecified atom stereocenters. The minimum atomic E-state index is 0.523. The Balaban J connectivity index is 0.000000217. The highest BCUT2D eigenvalue weighted by molar-refractivity contribution is 4.64. The first-order valence-corrected chi connectivity index (χ1v) is 5.06. The molecule has 2 nitrogen and oxygen atoms in total. The SMILES string of the molecule is CC1CCC(C)O1.CCCCN. The second-order valence-electron chi connectivity index (χ2n) is 3.48. The third-order valence-corrected chi connectivity index (χ3v) is 2.00. The van der Waals surface area contributed by atoms with Crippen LogP contribution in [0.2, 0.25) is 0 Å². The van der Waals surface area contributed by atoms with E-state index >= 15 is 0 Å². The lowest BCUT2D eigenvalue weighted by Crippen LogP contribution is -2.01. The van der Waals surface area contributed by atoms with Crippen LogP contribution in [-0.2, 0) is 4.74 Å². The van der Waals surface area contributed by atoms with Gasteiger partial charge in [0.2, 0.25) is 0 Å². The van der Waals surface area contributed by atoms with E-state index in [1.54, 1.807) is 0 Å². The molecular weight excluding hydrogens is 150 g/mol. The predicted octanol–water partition coefficient (Wildman–Crippen LogP) is 2.32. The molecule has 2 atom stereocenters. The van der Waals surface area contributed by atoms with Gasteiger partial charge in [-0.05, 0) is 39.7 Å². The fourth-order valence-electron chi connectivity index (χ4n) is 1.21. The number of ether oxygens (including phenoxy) is 1. The summed E-state index contributed by atoms with van der Waals surface area (Å²) in [5.74, 6) is 0. The number of hydrogen-bond donors (Lipinski definition) is 1. The second-order valence-corrected chi connectivity index (χ2v) is 3.48. The quantitative estimate of drug-likeness (QED) is 0.695. The van der Waals surface area contributed by atoms with E-state index in [0.717, 1.165) is 6.54 Å². The van der Waals surface area contributed by atoms with Gasteiger partial charge in [0.15, 0.2) is 0 Å². The Morgan fingerprint density at radius 2 is 1.75 bits per heavy atom. The van der Waals surface area contributed by atoms with Crippen LogP contribution in [-0.4, -0.2) is 18.8 Å². The fraction of sp³-hybridized carbons (Fsp3) is 1.00. The zero-order chi connectivity index (χ0) is 9.40. The Bertz CT molecular complexity index is 85.8. The third-order valence-electron chi connectivity index (χ3n) is 2.00. The molecule has 1 fully saturated rings. The molecule has 1 aliphatic heterocycles. The zero-order valence-corrected chi connectivity index (χ0v) is 8.68. The lowest BCUT2D eigenvalue weighted by atomic mass is 10.2. The molecule has 0 aromatic heterocycles. The Morgan fingerprint density at radius 1 is 1.25 bits per heavy atom. The van der Waals surface area contributed by atoms with Crippen LogP contribution >= 0.6 is 0 Å². The first-order chi connectivity index (χ1) is 5.70. The maximum Gasteiger partial charge on any atom is 0.0551 e. The van der Waals surface area contributed by atoms with E-state index in [1.807, 2.05) is 0 Å². The highest BCUT2D eigenvalue weighted by atomic mass is 16.5. The van der Waals surface area contributed by atoms with Crippen LogP contribution in [0, 0.1) is 0 Å². The molecule has 2 heteroatoms. The third kappa shape index (κ3) is 6.62. The smallest absolute Gasteiger partial charge is 0.0551 e. The minimum Gasteiger partial charge on any atom is -0.376 e. The van der Waals surface area contributed by atoms with Crippen molar-refractivity contribution in [3.05, 3.63) is 0 Å². The molecule has 0 bridgehead atoms. The molecule has 0 aliphatic carbocycles. The van der Waals surface area contributed by atoms with Gasteiger partial charge in [-0.15, -0.1) is 0 Å². The summed E-state index contributed by atoms with van der Waals surface area (Å²) in [5, 5.41) is 0. The summed E-state index contributed by atoms with van der Waals surface area (Å²) in [6.45, 7) is 7.23. The summed E-state index contributed by atoms with van der Waals surface area (Å²) in [4.78, 5) is 0. The van der Waals surface area contributed by atoms with Crippen LogP contribution in [0.3, 0.4) is 0 Å². The van der Waals surface area contributed by atoms with Crippen molar-refractivity contribution in [1.82, 2.24) is 0 Å². The van der Waals surface area contributed by atoms with Crippen molar-refractivity contribution in [2.24, 2.45) is 5.73 Å². The Morgan fingerprint density at radius 3 is 1.83 bits per heavy atom. The molecular formula is C10H23NO. The molecule has 1 heterocycles. The normalized spacial score (nSPS) is 28.0. The van der Waals surface area contributed by atoms with Crippen molar-refractivity contribution in [3.63, 3.8) is 0 Å². The first-order valence-electron chi connectivity index (χ1n) is 5.06. The lowest BCUT2D eigenvalue weighted by Gasteiger charge is -2.01. The van der Waals surface area contributed by atoms with Crippen LogP contribution in [0.1, 0.15) is 46.5 Å². The maximum absolute atomic E-state index is 5.36. The van der Waals surface area contributed by atoms with Crippen molar-refractivity contribution >= 4 is 0 Å². The van der Waals surface area contributed by atoms with Gasteiger partial charge >= 0.3 is 0 Å². The van der Waals surface area contributed by atoms with Crippen LogP contribution in [0.5, 0.6) is 0 Å². The summed E-state index contributed by atoms with van der Waals surface area (Å²) >= 11 is 0. The van der Waals surface area contributed by atoms with E-state index in [1.165, 1.54) is 25.7 Å². The standard InChI is InChI=1S/C6H12O.C4H11N/c1-5-3-4-6(2)7-5;1-2-3-4-5/h5-6H,3-4H2,1-2H3;2-5H2,1H3. The van der Waals surface area contributed by atoms with Crippen LogP contribution in [0.25, 0.3) is 0 Å². The molecule has 2 N–H and O–H groups in total. The van der Waals surface area contributed by atoms with E-state index in [9.17, 15) is 0 Å². The molecule has 1 saturated heterocycles. The zero-order valence-electron chi connectivity index (χ0n) is 8.68. The molecule has 0 amide bonds. The van der Waals surface area contributed by atoms with E-state index in [4.69, 9.17) is 10.5 Å². The van der Waals surface area contributed by atoms with E-state index in [2.05, 4.69) is 20.8 Å². The molecule has 0 saturated carbocycles. The highest BCUT2D eigenvalue weighted by Crippen LogP contribution is 2.17. The molecule has 0 aromatic rings. The second kappa shape index (κ2) is 7.56. The minimum absolute atomic E-state index is 0.523. The van der Waals surface area contributed by atoms with Gasteiger partial charge in [0.05, 0.1) is 12.2 Å². The summed E-state index contributed by atoms with van der Waals surface area (Å²) < 4.78 is 5.36. The molecule has 12 heavy (non-hydrogen) atoms. The van der Waals surface area contributed by atoms with E-state index in [0.29, 0.717) is 12.2 Å². The van der Waals surface area contributed by atoms with E-state index in [-0.39, 0.29) is 0 Å². The van der Waals surface area contributed by atoms with Gasteiger partial charge in [-0.1, -0.05) is 13.3 Å². The summed E-state index contributed by atoms with van der Waals surface area (Å²) in [6, 6.07) is 0. The van der Waals surface area contributed by atoms with Crippen molar-refractivity contribution in [2.75, 3.05) is 6.54 Å². The number of nitrogens with two attached hydrogens (primary N) is 1.